The molecule has 1 fully saturated rings. The van der Waals surface area contributed by atoms with Gasteiger partial charge in [-0.05, 0) is 49.9 Å². The molecule has 6 nitrogen and oxygen atoms in total. The minimum atomic E-state index is -0.0319. The molecule has 1 aliphatic carbocycles. The van der Waals surface area contributed by atoms with E-state index >= 15 is 0 Å². The maximum absolute atomic E-state index is 13.0. The number of carbonyl (C=O) groups is 1. The molecule has 0 N–H and O–H groups in total. The molecule has 4 rings (SSSR count). The van der Waals surface area contributed by atoms with Gasteiger partial charge in [0.2, 0.25) is 0 Å². The zero-order valence-electron chi connectivity index (χ0n) is 17.6. The molecule has 1 saturated carbocycles. The van der Waals surface area contributed by atoms with Crippen molar-refractivity contribution in [2.24, 2.45) is 5.92 Å². The molecule has 6 heteroatoms. The summed E-state index contributed by atoms with van der Waals surface area (Å²) in [5, 5.41) is 0. The molecular formula is C23H30N4O2. The fraction of sp³-hybridized carbons (Fsp3) is 0.478. The largest absolute Gasteiger partial charge is 0.467 e. The van der Waals surface area contributed by atoms with Crippen LogP contribution in [0.3, 0.4) is 0 Å². The van der Waals surface area contributed by atoms with E-state index in [1.807, 2.05) is 37.4 Å². The molecule has 0 aliphatic heterocycles. The number of amides is 1. The Hall–Kier alpha value is -2.76. The first-order chi connectivity index (χ1) is 14.0. The van der Waals surface area contributed by atoms with Gasteiger partial charge in [-0.25, -0.2) is 4.98 Å². The number of anilines is 1. The molecule has 0 unspecified atom stereocenters. The van der Waals surface area contributed by atoms with Gasteiger partial charge in [-0.1, -0.05) is 19.3 Å². The average Bonchev–Trinajstić information content (AvgIpc) is 3.34. The Morgan fingerprint density at radius 3 is 2.72 bits per heavy atom. The number of aryl methyl sites for hydroxylation is 1. The third-order valence-corrected chi connectivity index (χ3v) is 5.95. The Balaban J connectivity index is 1.57. The van der Waals surface area contributed by atoms with Crippen LogP contribution >= 0.6 is 0 Å². The number of furan rings is 1. The minimum absolute atomic E-state index is 0.0319. The van der Waals surface area contributed by atoms with Crippen LogP contribution in [0.5, 0.6) is 0 Å². The quantitative estimate of drug-likeness (QED) is 0.617. The minimum Gasteiger partial charge on any atom is -0.467 e. The molecule has 29 heavy (non-hydrogen) atoms. The normalized spacial score (nSPS) is 15.0. The van der Waals surface area contributed by atoms with Crippen molar-refractivity contribution in [2.45, 2.75) is 45.6 Å². The van der Waals surface area contributed by atoms with Crippen LogP contribution in [-0.4, -0.2) is 40.8 Å². The van der Waals surface area contributed by atoms with Crippen molar-refractivity contribution in [1.82, 2.24) is 14.3 Å². The zero-order valence-corrected chi connectivity index (χ0v) is 17.6. The summed E-state index contributed by atoms with van der Waals surface area (Å²) >= 11 is 0. The molecular weight excluding hydrogens is 364 g/mol. The second-order valence-corrected chi connectivity index (χ2v) is 8.29. The van der Waals surface area contributed by atoms with Crippen LogP contribution in [0.15, 0.2) is 41.1 Å². The molecule has 3 aromatic rings. The third kappa shape index (κ3) is 4.16. The Kier molecular flexibility index (Phi) is 5.60. The van der Waals surface area contributed by atoms with Crippen molar-refractivity contribution >= 4 is 17.4 Å². The number of hydrogen-bond donors (Lipinski definition) is 0. The summed E-state index contributed by atoms with van der Waals surface area (Å²) in [6.45, 7) is 3.52. The predicted molar refractivity (Wildman–Crippen MR) is 114 cm³/mol. The van der Waals surface area contributed by atoms with Crippen molar-refractivity contribution < 1.29 is 9.21 Å². The van der Waals surface area contributed by atoms with Crippen molar-refractivity contribution in [3.63, 3.8) is 0 Å². The highest BCUT2D eigenvalue weighted by Gasteiger charge is 2.21. The summed E-state index contributed by atoms with van der Waals surface area (Å²) in [5.74, 6) is 2.56. The van der Waals surface area contributed by atoms with Crippen LogP contribution < -0.4 is 4.90 Å². The van der Waals surface area contributed by atoms with Gasteiger partial charge in [-0.2, -0.15) is 0 Å². The standard InChI is InChI=1S/C23H30N4O2/c1-17-22(25(2)14-18-8-5-4-6-9-18)27-15-19(11-12-21(27)24-17)23(28)26(3)16-20-10-7-13-29-20/h7,10-13,15,18H,4-6,8-9,14,16H2,1-3H3. The van der Waals surface area contributed by atoms with Gasteiger partial charge >= 0.3 is 0 Å². The highest BCUT2D eigenvalue weighted by molar-refractivity contribution is 5.94. The predicted octanol–water partition coefficient (Wildman–Crippen LogP) is 4.52. The zero-order chi connectivity index (χ0) is 20.4. The molecule has 1 aliphatic rings. The Morgan fingerprint density at radius 1 is 1.21 bits per heavy atom. The van der Waals surface area contributed by atoms with E-state index < -0.39 is 0 Å². The molecule has 0 atom stereocenters. The Labute approximate surface area is 172 Å². The van der Waals surface area contributed by atoms with Crippen LogP contribution in [0.4, 0.5) is 5.82 Å². The molecule has 0 spiro atoms. The van der Waals surface area contributed by atoms with Crippen molar-refractivity contribution in [3.8, 4) is 0 Å². The number of fused-ring (bicyclic) bond motifs is 1. The second kappa shape index (κ2) is 8.31. The Bertz CT molecular complexity index is 970. The third-order valence-electron chi connectivity index (χ3n) is 5.95. The monoisotopic (exact) mass is 394 g/mol. The molecule has 0 aromatic carbocycles. The number of pyridine rings is 1. The topological polar surface area (TPSA) is 54.0 Å². The number of imidazole rings is 1. The fourth-order valence-electron chi connectivity index (χ4n) is 4.51. The summed E-state index contributed by atoms with van der Waals surface area (Å²) in [5.41, 5.74) is 2.52. The number of carbonyl (C=O) groups excluding carboxylic acids is 1. The van der Waals surface area contributed by atoms with E-state index in [4.69, 9.17) is 9.40 Å². The molecule has 0 bridgehead atoms. The highest BCUT2D eigenvalue weighted by atomic mass is 16.3. The fourth-order valence-corrected chi connectivity index (χ4v) is 4.51. The smallest absolute Gasteiger partial charge is 0.255 e. The Morgan fingerprint density at radius 2 is 2.00 bits per heavy atom. The van der Waals surface area contributed by atoms with Crippen molar-refractivity contribution in [1.29, 1.82) is 0 Å². The molecule has 3 aromatic heterocycles. The van der Waals surface area contributed by atoms with E-state index in [0.29, 0.717) is 12.1 Å². The van der Waals surface area contributed by atoms with Gasteiger partial charge < -0.3 is 14.2 Å². The lowest BCUT2D eigenvalue weighted by atomic mass is 9.89. The van der Waals surface area contributed by atoms with E-state index in [9.17, 15) is 4.79 Å². The van der Waals surface area contributed by atoms with Gasteiger partial charge in [0.1, 0.15) is 17.2 Å². The number of aromatic nitrogens is 2. The van der Waals surface area contributed by atoms with Gasteiger partial charge in [0.05, 0.1) is 24.1 Å². The first-order valence-corrected chi connectivity index (χ1v) is 10.5. The van der Waals surface area contributed by atoms with Crippen LogP contribution in [0.1, 0.15) is 53.9 Å². The van der Waals surface area contributed by atoms with E-state index in [1.165, 1.54) is 32.1 Å². The first kappa shape index (κ1) is 19.6. The van der Waals surface area contributed by atoms with Crippen LogP contribution in [0.2, 0.25) is 0 Å². The summed E-state index contributed by atoms with van der Waals surface area (Å²) < 4.78 is 7.43. The van der Waals surface area contributed by atoms with Crippen LogP contribution in [-0.2, 0) is 6.54 Å². The van der Waals surface area contributed by atoms with E-state index in [-0.39, 0.29) is 5.91 Å². The summed E-state index contributed by atoms with van der Waals surface area (Å²) in [6.07, 6.45) is 10.2. The molecule has 154 valence electrons. The van der Waals surface area contributed by atoms with E-state index in [2.05, 4.69) is 16.3 Å². The highest BCUT2D eigenvalue weighted by Crippen LogP contribution is 2.28. The molecule has 3 heterocycles. The lowest BCUT2D eigenvalue weighted by molar-refractivity contribution is 0.0775. The first-order valence-electron chi connectivity index (χ1n) is 10.5. The second-order valence-electron chi connectivity index (χ2n) is 8.29. The maximum Gasteiger partial charge on any atom is 0.255 e. The summed E-state index contributed by atoms with van der Waals surface area (Å²) in [4.78, 5) is 21.7. The number of rotatable bonds is 6. The number of nitrogens with zero attached hydrogens (tertiary/aromatic N) is 4. The van der Waals surface area contributed by atoms with Crippen LogP contribution in [0, 0.1) is 12.8 Å². The van der Waals surface area contributed by atoms with Gasteiger partial charge in [0.15, 0.2) is 0 Å². The summed E-state index contributed by atoms with van der Waals surface area (Å²) in [7, 11) is 3.94. The lowest BCUT2D eigenvalue weighted by Crippen LogP contribution is -2.28. The molecule has 1 amide bonds. The van der Waals surface area contributed by atoms with E-state index in [0.717, 1.165) is 35.4 Å². The van der Waals surface area contributed by atoms with Gasteiger partial charge in [-0.3, -0.25) is 9.20 Å². The number of hydrogen-bond acceptors (Lipinski definition) is 4. The van der Waals surface area contributed by atoms with Gasteiger partial charge in [0, 0.05) is 26.8 Å². The van der Waals surface area contributed by atoms with Crippen molar-refractivity contribution in [2.75, 3.05) is 25.5 Å². The van der Waals surface area contributed by atoms with E-state index in [1.54, 1.807) is 18.2 Å². The molecule has 0 saturated heterocycles. The lowest BCUT2D eigenvalue weighted by Gasteiger charge is -2.28. The SMILES string of the molecule is Cc1nc2ccc(C(=O)N(C)Cc3ccco3)cn2c1N(C)CC1CCCCC1. The summed E-state index contributed by atoms with van der Waals surface area (Å²) in [6, 6.07) is 7.50. The van der Waals surface area contributed by atoms with Crippen LogP contribution in [0.25, 0.3) is 5.65 Å². The molecule has 0 radical (unpaired) electrons. The van der Waals surface area contributed by atoms with Crippen molar-refractivity contribution in [3.05, 3.63) is 53.7 Å². The average molecular weight is 395 g/mol. The van der Waals surface area contributed by atoms with Gasteiger partial charge in [0.25, 0.3) is 5.91 Å². The maximum atomic E-state index is 13.0. The van der Waals surface area contributed by atoms with Gasteiger partial charge in [-0.15, -0.1) is 0 Å².